The van der Waals surface area contributed by atoms with Gasteiger partial charge in [-0.15, -0.1) is 0 Å². The molecule has 2 unspecified atom stereocenters. The Morgan fingerprint density at radius 3 is 1.94 bits per heavy atom. The molecule has 0 bridgehead atoms. The molecule has 0 fully saturated rings. The van der Waals surface area contributed by atoms with Crippen molar-refractivity contribution in [2.24, 2.45) is 5.92 Å². The van der Waals surface area contributed by atoms with Crippen molar-refractivity contribution in [3.63, 3.8) is 0 Å². The highest BCUT2D eigenvalue weighted by Crippen LogP contribution is 2.54. The molecule has 0 radical (unpaired) electrons. The Kier molecular flexibility index (Phi) is 14.3. The van der Waals surface area contributed by atoms with E-state index in [0.29, 0.717) is 34.9 Å². The van der Waals surface area contributed by atoms with Gasteiger partial charge in [-0.05, 0) is 30.7 Å². The molecule has 9 nitrogen and oxygen atoms in total. The molecule has 3 aromatic rings. The van der Waals surface area contributed by atoms with E-state index in [2.05, 4.69) is 12.2 Å². The predicted molar refractivity (Wildman–Crippen MR) is 207 cm³/mol. The number of carbonyl (C=O) groups excluding carboxylic acids is 3. The van der Waals surface area contributed by atoms with E-state index in [9.17, 15) is 14.4 Å². The number of hydrogen-bond acceptors (Lipinski definition) is 8. The average Bonchev–Trinajstić information content (AvgIpc) is 3.68. The summed E-state index contributed by atoms with van der Waals surface area (Å²) in [5.74, 6) is 0.0150. The summed E-state index contributed by atoms with van der Waals surface area (Å²) in [4.78, 5) is 42.6. The van der Waals surface area contributed by atoms with Gasteiger partial charge in [0.15, 0.2) is 5.75 Å². The lowest BCUT2D eigenvalue weighted by Gasteiger charge is -2.35. The van der Waals surface area contributed by atoms with Gasteiger partial charge >= 0.3 is 0 Å². The number of nitrogens with one attached hydrogen (secondary N) is 1. The molecular formula is C43H56ClNO8. The highest BCUT2D eigenvalue weighted by molar-refractivity contribution is 6.36. The van der Waals surface area contributed by atoms with E-state index in [4.69, 9.17) is 35.0 Å². The van der Waals surface area contributed by atoms with Crippen LogP contribution in [0.5, 0.6) is 23.0 Å². The molecule has 0 saturated carbocycles. The summed E-state index contributed by atoms with van der Waals surface area (Å²) < 4.78 is 29.1. The Morgan fingerprint density at radius 1 is 0.811 bits per heavy atom. The minimum Gasteiger partial charge on any atom is -0.497 e. The maximum atomic E-state index is 14.8. The molecule has 1 N–H and O–H groups in total. The van der Waals surface area contributed by atoms with Gasteiger partial charge in [0.2, 0.25) is 23.1 Å². The number of benzene rings is 2. The molecule has 2 aromatic carbocycles. The van der Waals surface area contributed by atoms with Gasteiger partial charge in [-0.1, -0.05) is 109 Å². The fraction of sp³-hybridized carbons (Fsp3) is 0.558. The number of amides is 1. The second-order valence-electron chi connectivity index (χ2n) is 14.5. The van der Waals surface area contributed by atoms with Crippen molar-refractivity contribution in [2.45, 2.75) is 122 Å². The van der Waals surface area contributed by atoms with Crippen LogP contribution in [0.3, 0.4) is 0 Å². The number of ether oxygens (including phenoxy) is 4. The van der Waals surface area contributed by atoms with E-state index in [1.807, 2.05) is 12.1 Å². The molecule has 288 valence electrons. The van der Waals surface area contributed by atoms with Crippen molar-refractivity contribution < 1.29 is 37.7 Å². The molecule has 1 spiro atoms. The number of ketones is 2. The van der Waals surface area contributed by atoms with Crippen LogP contribution >= 0.6 is 11.6 Å². The van der Waals surface area contributed by atoms with Crippen LogP contribution in [-0.2, 0) is 17.6 Å². The predicted octanol–water partition coefficient (Wildman–Crippen LogP) is 10.2. The Morgan fingerprint density at radius 2 is 1.38 bits per heavy atom. The van der Waals surface area contributed by atoms with Gasteiger partial charge in [-0.25, -0.2) is 0 Å². The Balaban J connectivity index is 1.25. The number of rotatable bonds is 21. The maximum absolute atomic E-state index is 14.8. The smallest absolute Gasteiger partial charge is 0.237 e. The van der Waals surface area contributed by atoms with Crippen molar-refractivity contribution in [3.05, 3.63) is 57.8 Å². The van der Waals surface area contributed by atoms with Crippen LogP contribution in [-0.4, -0.2) is 50.9 Å². The van der Waals surface area contributed by atoms with Crippen LogP contribution in [0.25, 0.3) is 11.3 Å². The quantitative estimate of drug-likeness (QED) is 0.0846. The van der Waals surface area contributed by atoms with E-state index < -0.39 is 23.1 Å². The third-order valence-corrected chi connectivity index (χ3v) is 11.1. The molecule has 2 heterocycles. The van der Waals surface area contributed by atoms with Crippen LogP contribution in [0.4, 0.5) is 0 Å². The van der Waals surface area contributed by atoms with E-state index in [-0.39, 0.29) is 52.1 Å². The molecule has 2 atom stereocenters. The zero-order valence-corrected chi connectivity index (χ0v) is 32.9. The van der Waals surface area contributed by atoms with Crippen LogP contribution in [0.1, 0.15) is 136 Å². The first-order valence-corrected chi connectivity index (χ1v) is 19.9. The zero-order chi connectivity index (χ0) is 38.0. The van der Waals surface area contributed by atoms with Gasteiger partial charge in [-0.3, -0.25) is 14.4 Å². The van der Waals surface area contributed by atoms with Crippen molar-refractivity contribution in [1.29, 1.82) is 0 Å². The number of halogens is 1. The Hall–Kier alpha value is -3.98. The van der Waals surface area contributed by atoms with Gasteiger partial charge in [0.05, 0.1) is 33.3 Å². The summed E-state index contributed by atoms with van der Waals surface area (Å²) >= 11 is 6.64. The molecule has 1 amide bonds. The lowest BCUT2D eigenvalue weighted by atomic mass is 9.70. The second-order valence-corrected chi connectivity index (χ2v) is 14.8. The first-order valence-electron chi connectivity index (χ1n) is 19.5. The fourth-order valence-corrected chi connectivity index (χ4v) is 8.01. The second kappa shape index (κ2) is 18.9. The number of fused-ring (bicyclic) bond motifs is 2. The summed E-state index contributed by atoms with van der Waals surface area (Å²) in [6.45, 7) is 4.58. The van der Waals surface area contributed by atoms with Crippen LogP contribution in [0, 0.1) is 5.92 Å². The third-order valence-electron chi connectivity index (χ3n) is 10.8. The van der Waals surface area contributed by atoms with Crippen molar-refractivity contribution >= 4 is 29.1 Å². The van der Waals surface area contributed by atoms with Gasteiger partial charge in [0, 0.05) is 36.1 Å². The minimum atomic E-state index is -1.92. The number of methoxy groups -OCH3 is 3. The van der Waals surface area contributed by atoms with Crippen LogP contribution in [0.2, 0.25) is 5.02 Å². The Bertz CT molecular complexity index is 1730. The zero-order valence-electron chi connectivity index (χ0n) is 32.1. The fourth-order valence-electron chi connectivity index (χ4n) is 7.75. The van der Waals surface area contributed by atoms with Crippen molar-refractivity contribution in [2.75, 3.05) is 27.9 Å². The number of Topliss-reactive ketones (excluding diaryl/α,β-unsaturated/α-hetero) is 2. The number of hydrogen-bond donors (Lipinski definition) is 1. The van der Waals surface area contributed by atoms with E-state index in [1.165, 1.54) is 90.9 Å². The summed E-state index contributed by atoms with van der Waals surface area (Å²) in [6, 6.07) is 8.76. The number of carbonyl (C=O) groups is 3. The highest BCUT2D eigenvalue weighted by Gasteiger charge is 2.63. The van der Waals surface area contributed by atoms with Crippen molar-refractivity contribution in [1.82, 2.24) is 5.32 Å². The summed E-state index contributed by atoms with van der Waals surface area (Å²) in [5, 5.41) is 3.13. The molecule has 0 saturated heterocycles. The minimum absolute atomic E-state index is 0.0443. The summed E-state index contributed by atoms with van der Waals surface area (Å²) in [7, 11) is 4.46. The Labute approximate surface area is 319 Å². The molecule has 5 rings (SSSR count). The first kappa shape index (κ1) is 40.2. The van der Waals surface area contributed by atoms with Gasteiger partial charge in [0.1, 0.15) is 39.4 Å². The molecule has 10 heteroatoms. The summed E-state index contributed by atoms with van der Waals surface area (Å²) in [6.07, 6.45) is 17.8. The standard InChI is InChI=1S/C43H56ClNO8/c1-6-7-8-9-10-11-12-13-14-15-16-17-18-19-24-45-35(46)26-31-36-33(52-39(31)29-20-22-30(49-3)23-21-29)25-28(2)43(41(36)47)42(48)37-32(50-4)27-34(51-5)38(44)40(37)53-43/h20-23,27-28H,6-19,24-26H2,1-5H3,(H,45,46). The van der Waals surface area contributed by atoms with E-state index >= 15 is 0 Å². The average molecular weight is 750 g/mol. The maximum Gasteiger partial charge on any atom is 0.237 e. The normalized spacial score (nSPS) is 17.4. The number of unbranched alkanes of at least 4 members (excludes halogenated alkanes) is 13. The molecule has 1 aliphatic carbocycles. The first-order chi connectivity index (χ1) is 25.7. The van der Waals surface area contributed by atoms with Crippen molar-refractivity contribution in [3.8, 4) is 34.3 Å². The highest BCUT2D eigenvalue weighted by atomic mass is 35.5. The SMILES string of the molecule is CCCCCCCCCCCCCCCCNC(=O)Cc1c(-c2ccc(OC)cc2)oc2c1C(=O)C1(Oc3c(Cl)c(OC)cc(OC)c3C1=O)C(C)C2. The molecule has 1 aliphatic heterocycles. The van der Waals surface area contributed by atoms with Gasteiger partial charge < -0.3 is 28.7 Å². The lowest BCUT2D eigenvalue weighted by molar-refractivity contribution is -0.120. The monoisotopic (exact) mass is 749 g/mol. The largest absolute Gasteiger partial charge is 0.497 e. The molecule has 53 heavy (non-hydrogen) atoms. The molecule has 1 aromatic heterocycles. The summed E-state index contributed by atoms with van der Waals surface area (Å²) in [5.41, 5.74) is -0.528. The van der Waals surface area contributed by atoms with E-state index in [0.717, 1.165) is 19.3 Å². The van der Waals surface area contributed by atoms with Gasteiger partial charge in [-0.2, -0.15) is 0 Å². The number of furan rings is 1. The third kappa shape index (κ3) is 8.72. The van der Waals surface area contributed by atoms with Crippen LogP contribution in [0.15, 0.2) is 34.7 Å². The van der Waals surface area contributed by atoms with Gasteiger partial charge in [0.25, 0.3) is 0 Å². The topological polar surface area (TPSA) is 113 Å². The molecular weight excluding hydrogens is 694 g/mol. The van der Waals surface area contributed by atoms with E-state index in [1.54, 1.807) is 26.2 Å². The lowest BCUT2D eigenvalue weighted by Crippen LogP contribution is -2.56. The van der Waals surface area contributed by atoms with Crippen LogP contribution < -0.4 is 24.3 Å². The molecule has 2 aliphatic rings.